The molecule has 0 aliphatic carbocycles. The Morgan fingerprint density at radius 1 is 1.53 bits per heavy atom. The van der Waals surface area contributed by atoms with E-state index in [1.807, 2.05) is 6.07 Å². The highest BCUT2D eigenvalue weighted by atomic mass is 16.5. The second-order valence-electron chi connectivity index (χ2n) is 4.53. The average molecular weight is 209 g/mol. The van der Waals surface area contributed by atoms with Crippen molar-refractivity contribution in [1.82, 2.24) is 5.32 Å². The second-order valence-corrected chi connectivity index (χ2v) is 4.53. The molecule has 1 aromatic heterocycles. The fraction of sp³-hybridized carbons (Fsp3) is 0.667. The third kappa shape index (κ3) is 2.61. The van der Waals surface area contributed by atoms with Crippen molar-refractivity contribution in [3.63, 3.8) is 0 Å². The van der Waals surface area contributed by atoms with Gasteiger partial charge in [-0.25, -0.2) is 0 Å². The van der Waals surface area contributed by atoms with Crippen LogP contribution in [0.5, 0.6) is 0 Å². The molecule has 2 rings (SSSR count). The molecule has 1 aromatic rings. The predicted octanol–water partition coefficient (Wildman–Crippen LogP) is 2.25. The molecule has 1 saturated heterocycles. The van der Waals surface area contributed by atoms with E-state index < -0.39 is 0 Å². The molecule has 84 valence electrons. The molecule has 0 saturated carbocycles. The maximum atomic E-state index is 5.70. The zero-order valence-electron chi connectivity index (χ0n) is 9.51. The van der Waals surface area contributed by atoms with E-state index in [4.69, 9.17) is 9.15 Å². The van der Waals surface area contributed by atoms with Crippen LogP contribution in [-0.2, 0) is 11.3 Å². The minimum atomic E-state index is 0.0283. The maximum absolute atomic E-state index is 5.70. The molecule has 1 atom stereocenters. The number of hydrogen-bond donors (Lipinski definition) is 1. The Hall–Kier alpha value is -0.800. The predicted molar refractivity (Wildman–Crippen MR) is 58.7 cm³/mol. The smallest absolute Gasteiger partial charge is 0.120 e. The molecule has 3 nitrogen and oxygen atoms in total. The van der Waals surface area contributed by atoms with Crippen molar-refractivity contribution >= 4 is 0 Å². The van der Waals surface area contributed by atoms with Crippen LogP contribution >= 0.6 is 0 Å². The maximum Gasteiger partial charge on any atom is 0.120 e. The van der Waals surface area contributed by atoms with Crippen molar-refractivity contribution < 1.29 is 9.15 Å². The Balaban J connectivity index is 1.77. The van der Waals surface area contributed by atoms with E-state index in [0.29, 0.717) is 0 Å². The molecule has 0 spiro atoms. The summed E-state index contributed by atoms with van der Waals surface area (Å²) >= 11 is 0. The van der Waals surface area contributed by atoms with Crippen molar-refractivity contribution in [2.75, 3.05) is 13.2 Å². The van der Waals surface area contributed by atoms with Crippen molar-refractivity contribution in [1.29, 1.82) is 0 Å². The summed E-state index contributed by atoms with van der Waals surface area (Å²) in [5, 5.41) is 3.39. The summed E-state index contributed by atoms with van der Waals surface area (Å²) in [6, 6.07) is 1.99. The van der Waals surface area contributed by atoms with E-state index in [1.165, 1.54) is 12.0 Å². The first-order valence-corrected chi connectivity index (χ1v) is 5.57. The van der Waals surface area contributed by atoms with E-state index in [-0.39, 0.29) is 5.60 Å². The van der Waals surface area contributed by atoms with Gasteiger partial charge in [0, 0.05) is 13.2 Å². The lowest BCUT2D eigenvalue weighted by Crippen LogP contribution is -2.36. The number of rotatable bonds is 4. The van der Waals surface area contributed by atoms with Gasteiger partial charge >= 0.3 is 0 Å². The largest absolute Gasteiger partial charge is 0.468 e. The average Bonchev–Trinajstić information content (AvgIpc) is 2.78. The van der Waals surface area contributed by atoms with Crippen LogP contribution in [0.4, 0.5) is 0 Å². The highest BCUT2D eigenvalue weighted by molar-refractivity contribution is 5.14. The van der Waals surface area contributed by atoms with E-state index >= 15 is 0 Å². The van der Waals surface area contributed by atoms with Crippen LogP contribution in [0, 0.1) is 6.92 Å². The summed E-state index contributed by atoms with van der Waals surface area (Å²) in [6.07, 6.45) is 4.06. The molecular weight excluding hydrogens is 190 g/mol. The summed E-state index contributed by atoms with van der Waals surface area (Å²) in [6.45, 7) is 6.82. The molecule has 0 amide bonds. The van der Waals surface area contributed by atoms with Crippen molar-refractivity contribution in [2.45, 2.75) is 38.8 Å². The quantitative estimate of drug-likeness (QED) is 0.826. The molecule has 0 aromatic carbocycles. The topological polar surface area (TPSA) is 34.4 Å². The van der Waals surface area contributed by atoms with Gasteiger partial charge in [0.15, 0.2) is 0 Å². The van der Waals surface area contributed by atoms with Crippen LogP contribution in [0.3, 0.4) is 0 Å². The van der Waals surface area contributed by atoms with Crippen LogP contribution in [0.2, 0.25) is 0 Å². The van der Waals surface area contributed by atoms with Gasteiger partial charge < -0.3 is 14.5 Å². The van der Waals surface area contributed by atoms with Gasteiger partial charge in [-0.15, -0.1) is 0 Å². The van der Waals surface area contributed by atoms with E-state index in [2.05, 4.69) is 19.2 Å². The fourth-order valence-corrected chi connectivity index (χ4v) is 2.00. The Morgan fingerprint density at radius 2 is 2.40 bits per heavy atom. The zero-order chi connectivity index (χ0) is 10.7. The minimum absolute atomic E-state index is 0.0283. The SMILES string of the molecule is Cc1ccoc1CNCC1(C)CCCO1. The third-order valence-corrected chi connectivity index (χ3v) is 3.05. The Bertz CT molecular complexity index is 313. The second kappa shape index (κ2) is 4.37. The number of aryl methyl sites for hydroxylation is 1. The fourth-order valence-electron chi connectivity index (χ4n) is 2.00. The van der Waals surface area contributed by atoms with E-state index in [9.17, 15) is 0 Å². The zero-order valence-corrected chi connectivity index (χ0v) is 9.51. The number of hydrogen-bond acceptors (Lipinski definition) is 3. The number of ether oxygens (including phenoxy) is 1. The van der Waals surface area contributed by atoms with Gasteiger partial charge in [-0.3, -0.25) is 0 Å². The van der Waals surface area contributed by atoms with Crippen LogP contribution in [0.15, 0.2) is 16.7 Å². The highest BCUT2D eigenvalue weighted by Crippen LogP contribution is 2.24. The van der Waals surface area contributed by atoms with Crippen molar-refractivity contribution in [3.8, 4) is 0 Å². The van der Waals surface area contributed by atoms with Crippen molar-refractivity contribution in [2.24, 2.45) is 0 Å². The third-order valence-electron chi connectivity index (χ3n) is 3.05. The van der Waals surface area contributed by atoms with Gasteiger partial charge in [0.1, 0.15) is 5.76 Å². The summed E-state index contributed by atoms with van der Waals surface area (Å²) in [7, 11) is 0. The summed E-state index contributed by atoms with van der Waals surface area (Å²) < 4.78 is 11.1. The Kier molecular flexibility index (Phi) is 3.12. The molecule has 1 N–H and O–H groups in total. The molecule has 1 aliphatic heterocycles. The van der Waals surface area contributed by atoms with E-state index in [0.717, 1.165) is 31.9 Å². The molecule has 15 heavy (non-hydrogen) atoms. The lowest BCUT2D eigenvalue weighted by atomic mass is 10.0. The molecule has 1 unspecified atom stereocenters. The van der Waals surface area contributed by atoms with Gasteiger partial charge in [0.25, 0.3) is 0 Å². The lowest BCUT2D eigenvalue weighted by Gasteiger charge is -2.23. The number of furan rings is 1. The monoisotopic (exact) mass is 209 g/mol. The minimum Gasteiger partial charge on any atom is -0.468 e. The number of nitrogens with one attached hydrogen (secondary N) is 1. The summed E-state index contributed by atoms with van der Waals surface area (Å²) in [5.41, 5.74) is 1.24. The van der Waals surface area contributed by atoms with Gasteiger partial charge in [-0.05, 0) is 38.3 Å². The van der Waals surface area contributed by atoms with Crippen LogP contribution in [0.25, 0.3) is 0 Å². The van der Waals surface area contributed by atoms with Gasteiger partial charge in [-0.2, -0.15) is 0 Å². The molecular formula is C12H19NO2. The van der Waals surface area contributed by atoms with E-state index in [1.54, 1.807) is 6.26 Å². The van der Waals surface area contributed by atoms with Gasteiger partial charge in [0.05, 0.1) is 18.4 Å². The standard InChI is InChI=1S/C12H19NO2/c1-10-4-7-14-11(10)8-13-9-12(2)5-3-6-15-12/h4,7,13H,3,5-6,8-9H2,1-2H3. The molecule has 1 fully saturated rings. The normalized spacial score (nSPS) is 26.0. The van der Waals surface area contributed by atoms with Crippen LogP contribution in [-0.4, -0.2) is 18.8 Å². The van der Waals surface area contributed by atoms with Crippen molar-refractivity contribution in [3.05, 3.63) is 23.7 Å². The van der Waals surface area contributed by atoms with Crippen LogP contribution in [0.1, 0.15) is 31.1 Å². The first-order valence-electron chi connectivity index (χ1n) is 5.57. The van der Waals surface area contributed by atoms with Gasteiger partial charge in [0.2, 0.25) is 0 Å². The summed E-state index contributed by atoms with van der Waals surface area (Å²) in [5.74, 6) is 1.02. The molecule has 1 aliphatic rings. The summed E-state index contributed by atoms with van der Waals surface area (Å²) in [4.78, 5) is 0. The van der Waals surface area contributed by atoms with Gasteiger partial charge in [-0.1, -0.05) is 0 Å². The lowest BCUT2D eigenvalue weighted by molar-refractivity contribution is 0.0204. The molecule has 2 heterocycles. The molecule has 3 heteroatoms. The first-order chi connectivity index (χ1) is 7.20. The molecule has 0 radical (unpaired) electrons. The first kappa shape index (κ1) is 10.7. The Morgan fingerprint density at radius 3 is 3.00 bits per heavy atom. The Labute approximate surface area is 90.8 Å². The van der Waals surface area contributed by atoms with Crippen LogP contribution < -0.4 is 5.32 Å². The highest BCUT2D eigenvalue weighted by Gasteiger charge is 2.29. The molecule has 0 bridgehead atoms.